The van der Waals surface area contributed by atoms with Crippen LogP contribution in [0.15, 0.2) is 17.4 Å². The minimum absolute atomic E-state index is 0.0187. The molecule has 22 heteroatoms. The molecule has 19 nitrogen and oxygen atoms in total. The van der Waals surface area contributed by atoms with Gasteiger partial charge in [-0.1, -0.05) is 5.21 Å². The Morgan fingerprint density at radius 1 is 1.22 bits per heavy atom. The summed E-state index contributed by atoms with van der Waals surface area (Å²) in [4.78, 5) is 41.4. The number of aliphatic hydroxyl groups is 2. The van der Waals surface area contributed by atoms with E-state index < -0.39 is 67.5 Å². The number of nitrogens with one attached hydrogen (secondary N) is 1. The molecule has 2 unspecified atom stereocenters. The monoisotopic (exact) mass is 613 g/mol. The van der Waals surface area contributed by atoms with Crippen molar-refractivity contribution in [2.45, 2.75) is 55.1 Å². The van der Waals surface area contributed by atoms with Crippen LogP contribution in [-0.2, 0) is 30.3 Å². The van der Waals surface area contributed by atoms with Crippen molar-refractivity contribution in [1.29, 1.82) is 0 Å². The van der Waals surface area contributed by atoms with Crippen molar-refractivity contribution in [2.24, 2.45) is 0 Å². The highest BCUT2D eigenvalue weighted by Crippen LogP contribution is 2.63. The van der Waals surface area contributed by atoms with E-state index in [2.05, 4.69) is 35.2 Å². The molecule has 0 bridgehead atoms. The summed E-state index contributed by atoms with van der Waals surface area (Å²) in [6.07, 6.45) is -6.46. The van der Waals surface area contributed by atoms with Gasteiger partial charge >= 0.3 is 6.72 Å². The van der Waals surface area contributed by atoms with Gasteiger partial charge in [-0.2, -0.15) is 9.67 Å². The van der Waals surface area contributed by atoms with Crippen LogP contribution in [0.25, 0.3) is 22.3 Å². The normalized spacial score (nSPS) is 34.3. The quantitative estimate of drug-likeness (QED) is 0.120. The van der Waals surface area contributed by atoms with Crippen LogP contribution in [0.2, 0.25) is 0 Å². The Hall–Kier alpha value is -3.27. The van der Waals surface area contributed by atoms with E-state index in [1.54, 1.807) is 0 Å². The lowest BCUT2D eigenvalue weighted by molar-refractivity contribution is -0.0670. The summed E-state index contributed by atoms with van der Waals surface area (Å²) in [5.41, 5.74) is 8.89. The maximum absolute atomic E-state index is 15.6. The highest BCUT2D eigenvalue weighted by atomic mass is 32.5. The number of nitrogens with two attached hydrogens (primary N) is 2. The van der Waals surface area contributed by atoms with Crippen molar-refractivity contribution in [3.8, 4) is 0 Å². The summed E-state index contributed by atoms with van der Waals surface area (Å²) in [6, 6.07) is 0. The largest absolute Gasteiger partial charge is 0.394 e. The second-order valence-corrected chi connectivity index (χ2v) is 12.4. The first-order valence-corrected chi connectivity index (χ1v) is 14.6. The molecule has 218 valence electrons. The van der Waals surface area contributed by atoms with Crippen LogP contribution in [0, 0.1) is 0 Å². The van der Waals surface area contributed by atoms with Gasteiger partial charge in [0, 0.05) is 6.42 Å². The summed E-state index contributed by atoms with van der Waals surface area (Å²) < 4.78 is 40.6. The number of aliphatic hydroxyl groups excluding tert-OH is 1. The van der Waals surface area contributed by atoms with E-state index in [1.165, 1.54) is 17.2 Å². The molecule has 9 atom stereocenters. The first-order chi connectivity index (χ1) is 19.5. The van der Waals surface area contributed by atoms with E-state index in [0.717, 1.165) is 4.68 Å². The van der Waals surface area contributed by atoms with Gasteiger partial charge in [0.2, 0.25) is 5.95 Å². The average molecular weight is 613 g/mol. The SMILES string of the molecule is Nc1nc2c(nnn2[C@@H]2O[C@H](CO)C[C@H]2OP(O)(=S)OC2[C@H]3O[C@@H](n4cnc5c(N)ncnc54)[C@@H](F)[C@@]23O)c(=O)[nH]1. The molecule has 2 saturated heterocycles. The summed E-state index contributed by atoms with van der Waals surface area (Å²) in [6.45, 7) is -4.62. The number of imidazole rings is 1. The van der Waals surface area contributed by atoms with Crippen LogP contribution in [-0.4, -0.2) is 102 Å². The van der Waals surface area contributed by atoms with Gasteiger partial charge in [0.05, 0.1) is 19.0 Å². The Morgan fingerprint density at radius 2 is 2.02 bits per heavy atom. The maximum Gasteiger partial charge on any atom is 0.325 e. The third kappa shape index (κ3) is 4.04. The molecule has 6 heterocycles. The van der Waals surface area contributed by atoms with Gasteiger partial charge in [-0.25, -0.2) is 19.3 Å². The van der Waals surface area contributed by atoms with Crippen molar-refractivity contribution in [1.82, 2.24) is 44.5 Å². The third-order valence-electron chi connectivity index (χ3n) is 7.17. The number of ether oxygens (including phenoxy) is 2. The van der Waals surface area contributed by atoms with Crippen LogP contribution < -0.4 is 17.0 Å². The van der Waals surface area contributed by atoms with E-state index in [-0.39, 0.29) is 40.5 Å². The molecule has 3 fully saturated rings. The number of alkyl halides is 1. The second kappa shape index (κ2) is 9.11. The van der Waals surface area contributed by atoms with Crippen LogP contribution in [0.1, 0.15) is 18.9 Å². The lowest BCUT2D eigenvalue weighted by Gasteiger charge is -2.26. The molecule has 0 radical (unpaired) electrons. The zero-order chi connectivity index (χ0) is 28.8. The topological polar surface area (TPSA) is 270 Å². The molecule has 2 aliphatic heterocycles. The van der Waals surface area contributed by atoms with Crippen molar-refractivity contribution in [3.05, 3.63) is 23.0 Å². The zero-order valence-corrected chi connectivity index (χ0v) is 22.2. The Kier molecular flexibility index (Phi) is 5.92. The number of aromatic amines is 1. The van der Waals surface area contributed by atoms with Crippen molar-refractivity contribution < 1.29 is 38.0 Å². The van der Waals surface area contributed by atoms with Gasteiger partial charge in [0.1, 0.15) is 30.2 Å². The lowest BCUT2D eigenvalue weighted by Crippen LogP contribution is -2.34. The molecule has 7 rings (SSSR count). The van der Waals surface area contributed by atoms with Crippen LogP contribution >= 0.6 is 6.72 Å². The number of nitrogens with zero attached hydrogens (tertiary/aromatic N) is 8. The zero-order valence-electron chi connectivity index (χ0n) is 20.5. The molecule has 1 saturated carbocycles. The van der Waals surface area contributed by atoms with Gasteiger partial charge in [-0.3, -0.25) is 18.9 Å². The van der Waals surface area contributed by atoms with Crippen molar-refractivity contribution in [2.75, 3.05) is 18.1 Å². The van der Waals surface area contributed by atoms with Gasteiger partial charge in [0.25, 0.3) is 5.56 Å². The predicted molar refractivity (Wildman–Crippen MR) is 136 cm³/mol. The highest BCUT2D eigenvalue weighted by Gasteiger charge is 2.80. The summed E-state index contributed by atoms with van der Waals surface area (Å²) >= 11 is 5.18. The fourth-order valence-corrected chi connectivity index (χ4v) is 6.95. The van der Waals surface area contributed by atoms with Crippen LogP contribution in [0.3, 0.4) is 0 Å². The highest BCUT2D eigenvalue weighted by molar-refractivity contribution is 8.07. The van der Waals surface area contributed by atoms with Gasteiger partial charge in [-0.15, -0.1) is 5.10 Å². The van der Waals surface area contributed by atoms with E-state index in [1.807, 2.05) is 0 Å². The number of anilines is 2. The molecule has 0 amide bonds. The van der Waals surface area contributed by atoms with E-state index in [9.17, 15) is 19.9 Å². The number of fused-ring (bicyclic) bond motifs is 3. The van der Waals surface area contributed by atoms with Crippen molar-refractivity contribution >= 4 is 52.6 Å². The minimum atomic E-state index is -4.21. The van der Waals surface area contributed by atoms with Gasteiger partial charge in [-0.05, 0) is 11.8 Å². The lowest BCUT2D eigenvalue weighted by atomic mass is 10.2. The number of hydrogen-bond donors (Lipinski definition) is 6. The van der Waals surface area contributed by atoms with Crippen LogP contribution in [0.5, 0.6) is 0 Å². The fraction of sp³-hybridized carbons (Fsp3) is 0.526. The molecular weight excluding hydrogens is 592 g/mol. The van der Waals surface area contributed by atoms with Crippen LogP contribution in [0.4, 0.5) is 16.2 Å². The number of hydrogen-bond acceptors (Lipinski definition) is 16. The number of H-pyrrole nitrogens is 1. The Labute approximate surface area is 231 Å². The van der Waals surface area contributed by atoms with E-state index >= 15 is 4.39 Å². The molecule has 0 spiro atoms. The second-order valence-electron chi connectivity index (χ2n) is 9.68. The minimum Gasteiger partial charge on any atom is -0.394 e. The third-order valence-corrected chi connectivity index (χ3v) is 8.72. The standard InChI is InChI=1S/C19H21FN11O8PS/c20-9-17(30-4-25-7-12(21)23-3-24-13(7)30)37-10-11(19(9,10)34)39-40(35,41)38-6-1-5(2-32)36-16(6)31-14-8(28-29-31)15(33)27-18(22)26-14/h3-6,9-11,16-17,32,34H,1-2H2,(H,35,41)(H2,21,23,24)(H3,22,26,27,33)/t5-,6+,9+,10+,11?,16+,17+,19-,40?/m0/s1. The van der Waals surface area contributed by atoms with Crippen molar-refractivity contribution in [3.63, 3.8) is 0 Å². The Morgan fingerprint density at radius 3 is 2.76 bits per heavy atom. The molecule has 41 heavy (non-hydrogen) atoms. The smallest absolute Gasteiger partial charge is 0.325 e. The first-order valence-electron chi connectivity index (χ1n) is 12.0. The number of nitrogen functional groups attached to an aromatic ring is 2. The maximum atomic E-state index is 15.6. The molecule has 4 aromatic rings. The van der Waals surface area contributed by atoms with E-state index in [0.29, 0.717) is 0 Å². The first kappa shape index (κ1) is 26.6. The molecule has 3 aliphatic rings. The van der Waals surface area contributed by atoms with Gasteiger partial charge < -0.3 is 40.6 Å². The molecular formula is C19H21FN11O8PS. The average Bonchev–Trinajstić information content (AvgIpc) is 3.48. The summed E-state index contributed by atoms with van der Waals surface area (Å²) in [7, 11) is 0. The summed E-state index contributed by atoms with van der Waals surface area (Å²) in [5.74, 6) is -0.115. The van der Waals surface area contributed by atoms with E-state index in [4.69, 9.17) is 41.8 Å². The Balaban J connectivity index is 1.09. The fourth-order valence-electron chi connectivity index (χ4n) is 5.19. The molecule has 4 aromatic heterocycles. The number of halogens is 1. The number of rotatable bonds is 7. The Bertz CT molecular complexity index is 1790. The summed E-state index contributed by atoms with van der Waals surface area (Å²) in [5, 5.41) is 28.4. The number of aromatic nitrogens is 9. The molecule has 8 N–H and O–H groups in total. The predicted octanol–water partition coefficient (Wildman–Crippen LogP) is -2.23. The van der Waals surface area contributed by atoms with Gasteiger partial charge in [0.15, 0.2) is 46.9 Å². The molecule has 0 aromatic carbocycles. The molecule has 1 aliphatic carbocycles.